The van der Waals surface area contributed by atoms with E-state index in [1.54, 1.807) is 6.08 Å². The summed E-state index contributed by atoms with van der Waals surface area (Å²) in [6, 6.07) is -0.628. The molecule has 0 fully saturated rings. The summed E-state index contributed by atoms with van der Waals surface area (Å²) in [7, 11) is 0. The Hall–Kier alpha value is -1.40. The number of aliphatic hydroxyl groups excluding tert-OH is 2. The molecule has 0 bridgehead atoms. The molecule has 0 aliphatic heterocycles. The van der Waals surface area contributed by atoms with Gasteiger partial charge < -0.3 is 20.3 Å². The van der Waals surface area contributed by atoms with Crippen molar-refractivity contribution < 1.29 is 24.5 Å². The van der Waals surface area contributed by atoms with Crippen LogP contribution in [0.2, 0.25) is 0 Å². The molecule has 6 nitrogen and oxygen atoms in total. The predicted molar refractivity (Wildman–Crippen MR) is 357 cm³/mol. The molecule has 0 rings (SSSR count). The summed E-state index contributed by atoms with van der Waals surface area (Å²) >= 11 is 0. The molecule has 6 heteroatoms. The van der Waals surface area contributed by atoms with E-state index in [0.717, 1.165) is 38.5 Å². The standard InChI is InChI=1S/C75H147NO5/c1-3-5-7-9-11-13-15-17-19-21-22-23-24-26-29-32-36-39-43-47-51-55-59-63-67-73(78)72(71-77)76-74(79)68-64-60-56-52-48-44-40-37-33-30-27-25-28-31-34-38-42-46-50-54-58-62-66-70-81-75(80)69-65-61-57-53-49-45-41-35-20-18-16-14-12-10-8-6-4-2/h63,67,72-73,77-78H,3-62,64-66,68-71H2,1-2H3,(H,76,79)/b67-63+. The van der Waals surface area contributed by atoms with Crippen molar-refractivity contribution in [3.63, 3.8) is 0 Å². The van der Waals surface area contributed by atoms with Crippen molar-refractivity contribution in [3.8, 4) is 0 Å². The van der Waals surface area contributed by atoms with Gasteiger partial charge in [0.1, 0.15) is 0 Å². The fourth-order valence-electron chi connectivity index (χ4n) is 12.1. The van der Waals surface area contributed by atoms with Gasteiger partial charge in [-0.1, -0.05) is 398 Å². The number of ether oxygens (including phenoxy) is 1. The van der Waals surface area contributed by atoms with E-state index in [9.17, 15) is 19.8 Å². The zero-order valence-electron chi connectivity index (χ0n) is 55.3. The number of carbonyl (C=O) groups is 2. The van der Waals surface area contributed by atoms with Gasteiger partial charge in [-0.05, 0) is 32.1 Å². The van der Waals surface area contributed by atoms with Gasteiger partial charge in [0.2, 0.25) is 5.91 Å². The topological polar surface area (TPSA) is 95.9 Å². The molecule has 0 aliphatic carbocycles. The molecule has 1 amide bonds. The SMILES string of the molecule is CCCCCCCCCCCCCCCCCCCCCCCC/C=C/C(O)C(CO)NC(=O)CCCCCCCCCCCCCCCCCCCCCCCCCOC(=O)CCCCCCCCCCCCCCCCCCC. The monoisotopic (exact) mass is 1140 g/mol. The van der Waals surface area contributed by atoms with Gasteiger partial charge in [-0.25, -0.2) is 0 Å². The maximum atomic E-state index is 12.5. The average Bonchev–Trinajstić information content (AvgIpc) is 3.47. The van der Waals surface area contributed by atoms with E-state index in [0.29, 0.717) is 19.4 Å². The van der Waals surface area contributed by atoms with Crippen LogP contribution >= 0.6 is 0 Å². The number of allylic oxidation sites excluding steroid dienone is 1. The molecule has 0 saturated carbocycles. The highest BCUT2D eigenvalue weighted by Crippen LogP contribution is 2.20. The lowest BCUT2D eigenvalue weighted by atomic mass is 10.0. The fourth-order valence-corrected chi connectivity index (χ4v) is 12.1. The smallest absolute Gasteiger partial charge is 0.305 e. The van der Waals surface area contributed by atoms with Crippen LogP contribution in [0.4, 0.5) is 0 Å². The molecular formula is C75H147NO5. The Morgan fingerprint density at radius 1 is 0.333 bits per heavy atom. The van der Waals surface area contributed by atoms with Crippen LogP contribution in [-0.4, -0.2) is 47.4 Å². The first-order valence-electron chi connectivity index (χ1n) is 37.5. The van der Waals surface area contributed by atoms with Crippen LogP contribution in [0, 0.1) is 0 Å². The summed E-state index contributed by atoms with van der Waals surface area (Å²) in [4.78, 5) is 24.7. The maximum absolute atomic E-state index is 12.5. The molecule has 81 heavy (non-hydrogen) atoms. The zero-order chi connectivity index (χ0) is 58.5. The lowest BCUT2D eigenvalue weighted by Crippen LogP contribution is -2.45. The maximum Gasteiger partial charge on any atom is 0.305 e. The number of rotatable bonds is 71. The Kier molecular flexibility index (Phi) is 69.9. The van der Waals surface area contributed by atoms with Crippen LogP contribution in [0.1, 0.15) is 431 Å². The lowest BCUT2D eigenvalue weighted by Gasteiger charge is -2.20. The third-order valence-corrected chi connectivity index (χ3v) is 17.8. The van der Waals surface area contributed by atoms with E-state index in [2.05, 4.69) is 19.2 Å². The fraction of sp³-hybridized carbons (Fsp3) is 0.947. The minimum absolute atomic E-state index is 0.0193. The van der Waals surface area contributed by atoms with Gasteiger partial charge in [-0.2, -0.15) is 0 Å². The van der Waals surface area contributed by atoms with Gasteiger partial charge in [0, 0.05) is 12.8 Å². The quantitative estimate of drug-likeness (QED) is 0.0320. The minimum atomic E-state index is -0.845. The molecule has 0 heterocycles. The largest absolute Gasteiger partial charge is 0.466 e. The minimum Gasteiger partial charge on any atom is -0.466 e. The predicted octanol–water partition coefficient (Wildman–Crippen LogP) is 24.3. The van der Waals surface area contributed by atoms with Crippen molar-refractivity contribution >= 4 is 11.9 Å². The molecule has 0 aromatic rings. The zero-order valence-corrected chi connectivity index (χ0v) is 55.3. The Bertz CT molecular complexity index is 1220. The Morgan fingerprint density at radius 2 is 0.568 bits per heavy atom. The van der Waals surface area contributed by atoms with Crippen LogP contribution in [0.5, 0.6) is 0 Å². The highest BCUT2D eigenvalue weighted by Gasteiger charge is 2.18. The summed E-state index contributed by atoms with van der Waals surface area (Å²) in [5, 5.41) is 23.3. The van der Waals surface area contributed by atoms with Crippen molar-refractivity contribution in [2.24, 2.45) is 0 Å². The molecule has 482 valence electrons. The number of amides is 1. The van der Waals surface area contributed by atoms with Crippen molar-refractivity contribution in [3.05, 3.63) is 12.2 Å². The Morgan fingerprint density at radius 3 is 0.840 bits per heavy atom. The van der Waals surface area contributed by atoms with Gasteiger partial charge in [0.25, 0.3) is 0 Å². The second kappa shape index (κ2) is 71.1. The molecule has 0 aromatic carbocycles. The summed E-state index contributed by atoms with van der Waals surface area (Å²) in [5.41, 5.74) is 0. The van der Waals surface area contributed by atoms with Gasteiger partial charge in [-0.15, -0.1) is 0 Å². The molecule has 0 saturated heterocycles. The number of carbonyl (C=O) groups excluding carboxylic acids is 2. The van der Waals surface area contributed by atoms with Crippen LogP contribution in [0.3, 0.4) is 0 Å². The van der Waals surface area contributed by atoms with E-state index >= 15 is 0 Å². The third-order valence-electron chi connectivity index (χ3n) is 17.8. The number of nitrogens with one attached hydrogen (secondary N) is 1. The number of hydrogen-bond acceptors (Lipinski definition) is 5. The van der Waals surface area contributed by atoms with Crippen LogP contribution in [0.25, 0.3) is 0 Å². The van der Waals surface area contributed by atoms with Crippen molar-refractivity contribution in [2.75, 3.05) is 13.2 Å². The first kappa shape index (κ1) is 79.6. The van der Waals surface area contributed by atoms with E-state index in [-0.39, 0.29) is 18.5 Å². The average molecular weight is 1140 g/mol. The van der Waals surface area contributed by atoms with Crippen LogP contribution in [-0.2, 0) is 14.3 Å². The third kappa shape index (κ3) is 67.6. The normalized spacial score (nSPS) is 12.5. The first-order chi connectivity index (χ1) is 40.0. The molecule has 0 radical (unpaired) electrons. The van der Waals surface area contributed by atoms with Crippen LogP contribution < -0.4 is 5.32 Å². The summed E-state index contributed by atoms with van der Waals surface area (Å²) < 4.78 is 5.51. The number of unbranched alkanes of at least 4 members (excludes halogenated alkanes) is 60. The highest BCUT2D eigenvalue weighted by molar-refractivity contribution is 5.76. The molecular weight excluding hydrogens is 995 g/mol. The van der Waals surface area contributed by atoms with Gasteiger partial charge in [0.15, 0.2) is 0 Å². The number of esters is 1. The van der Waals surface area contributed by atoms with Crippen LogP contribution in [0.15, 0.2) is 12.2 Å². The van der Waals surface area contributed by atoms with E-state index < -0.39 is 12.1 Å². The van der Waals surface area contributed by atoms with Gasteiger partial charge in [0.05, 0.1) is 25.4 Å². The Balaban J connectivity index is 3.38. The summed E-state index contributed by atoms with van der Waals surface area (Å²) in [5.74, 6) is -0.0427. The summed E-state index contributed by atoms with van der Waals surface area (Å²) in [6.45, 7) is 4.96. The van der Waals surface area contributed by atoms with Crippen molar-refractivity contribution in [1.82, 2.24) is 5.32 Å². The second-order valence-electron chi connectivity index (χ2n) is 26.0. The molecule has 0 aromatic heterocycles. The first-order valence-corrected chi connectivity index (χ1v) is 37.5. The van der Waals surface area contributed by atoms with E-state index in [1.807, 2.05) is 6.08 Å². The number of aliphatic hydroxyl groups is 2. The second-order valence-corrected chi connectivity index (χ2v) is 26.0. The van der Waals surface area contributed by atoms with Gasteiger partial charge in [-0.3, -0.25) is 9.59 Å². The van der Waals surface area contributed by atoms with E-state index in [4.69, 9.17) is 4.74 Å². The Labute approximate surface area is 508 Å². The lowest BCUT2D eigenvalue weighted by molar-refractivity contribution is -0.143. The molecule has 2 atom stereocenters. The van der Waals surface area contributed by atoms with Crippen molar-refractivity contribution in [2.45, 2.75) is 443 Å². The van der Waals surface area contributed by atoms with Gasteiger partial charge >= 0.3 is 5.97 Å². The van der Waals surface area contributed by atoms with E-state index in [1.165, 1.54) is 366 Å². The number of hydrogen-bond donors (Lipinski definition) is 3. The van der Waals surface area contributed by atoms with Crippen molar-refractivity contribution in [1.29, 1.82) is 0 Å². The molecule has 0 aliphatic rings. The molecule has 3 N–H and O–H groups in total. The molecule has 2 unspecified atom stereocenters. The summed E-state index contributed by atoms with van der Waals surface area (Å²) in [6.07, 6.45) is 88.8. The molecule has 0 spiro atoms. The highest BCUT2D eigenvalue weighted by atomic mass is 16.5.